The van der Waals surface area contributed by atoms with Crippen LogP contribution < -0.4 is 5.73 Å². The Labute approximate surface area is 117 Å². The van der Waals surface area contributed by atoms with E-state index >= 15 is 0 Å². The van der Waals surface area contributed by atoms with Crippen LogP contribution in [0.1, 0.15) is 28.5 Å². The molecule has 4 heteroatoms. The maximum absolute atomic E-state index is 5.90. The van der Waals surface area contributed by atoms with E-state index in [0.717, 1.165) is 23.6 Å². The predicted molar refractivity (Wildman–Crippen MR) is 78.4 cm³/mol. The molecule has 0 fully saturated rings. The summed E-state index contributed by atoms with van der Waals surface area (Å²) < 4.78 is 0. The van der Waals surface area contributed by atoms with Gasteiger partial charge in [0.15, 0.2) is 0 Å². The van der Waals surface area contributed by atoms with Crippen LogP contribution in [0.15, 0.2) is 29.8 Å². The molecule has 2 rings (SSSR count). The summed E-state index contributed by atoms with van der Waals surface area (Å²) in [7, 11) is 0. The van der Waals surface area contributed by atoms with Gasteiger partial charge < -0.3 is 5.73 Å². The Morgan fingerprint density at radius 1 is 1.33 bits per heavy atom. The minimum absolute atomic E-state index is 0.392. The molecule has 0 aliphatic carbocycles. The fourth-order valence-corrected chi connectivity index (χ4v) is 2.95. The van der Waals surface area contributed by atoms with E-state index in [-0.39, 0.29) is 0 Å². The minimum atomic E-state index is 0.392. The van der Waals surface area contributed by atoms with Gasteiger partial charge in [0.1, 0.15) is 0 Å². The molecule has 1 aromatic heterocycles. The van der Waals surface area contributed by atoms with Crippen LogP contribution in [-0.2, 0) is 6.42 Å². The highest BCUT2D eigenvalue weighted by Gasteiger charge is 2.11. The Morgan fingerprint density at radius 2 is 2.06 bits per heavy atom. The fraction of sp³-hybridized carbons (Fsp3) is 0.357. The van der Waals surface area contributed by atoms with Gasteiger partial charge in [0.2, 0.25) is 0 Å². The molecular weight excluding hydrogens is 264 g/mol. The highest BCUT2D eigenvalue weighted by atomic mass is 35.5. The Morgan fingerprint density at radius 3 is 2.61 bits per heavy atom. The number of aryl methyl sites for hydroxylation is 2. The second kappa shape index (κ2) is 6.32. The van der Waals surface area contributed by atoms with Gasteiger partial charge in [-0.3, -0.25) is 0 Å². The first-order valence-corrected chi connectivity index (χ1v) is 7.31. The summed E-state index contributed by atoms with van der Waals surface area (Å²) in [5.74, 6) is 0.392. The Balaban J connectivity index is 2.01. The lowest BCUT2D eigenvalue weighted by Gasteiger charge is -2.14. The van der Waals surface area contributed by atoms with E-state index in [9.17, 15) is 0 Å². The zero-order chi connectivity index (χ0) is 13.0. The van der Waals surface area contributed by atoms with E-state index in [2.05, 4.69) is 24.0 Å². The second-order valence-corrected chi connectivity index (χ2v) is 5.76. The number of nitrogens with two attached hydrogens (primary N) is 1. The summed E-state index contributed by atoms with van der Waals surface area (Å²) >= 11 is 7.63. The number of thiazole rings is 1. The first-order valence-electron chi connectivity index (χ1n) is 6.05. The zero-order valence-corrected chi connectivity index (χ0v) is 12.0. The third-order valence-corrected chi connectivity index (χ3v) is 4.44. The van der Waals surface area contributed by atoms with Gasteiger partial charge in [0.25, 0.3) is 0 Å². The highest BCUT2D eigenvalue weighted by Crippen LogP contribution is 2.24. The van der Waals surface area contributed by atoms with E-state index in [1.165, 1.54) is 10.4 Å². The maximum Gasteiger partial charge on any atom is 0.0797 e. The van der Waals surface area contributed by atoms with Crippen LogP contribution in [0.25, 0.3) is 0 Å². The average Bonchev–Trinajstić information content (AvgIpc) is 2.78. The van der Waals surface area contributed by atoms with Gasteiger partial charge in [0, 0.05) is 9.90 Å². The summed E-state index contributed by atoms with van der Waals surface area (Å²) in [5, 5.41) is 0.771. The summed E-state index contributed by atoms with van der Waals surface area (Å²) in [5.41, 5.74) is 10.2. The number of hydrogen-bond acceptors (Lipinski definition) is 3. The van der Waals surface area contributed by atoms with Crippen molar-refractivity contribution in [2.24, 2.45) is 5.73 Å². The predicted octanol–water partition coefficient (Wildman–Crippen LogP) is 3.78. The monoisotopic (exact) mass is 280 g/mol. The molecule has 2 aromatic rings. The lowest BCUT2D eigenvalue weighted by atomic mass is 9.94. The van der Waals surface area contributed by atoms with E-state index in [0.29, 0.717) is 12.5 Å². The van der Waals surface area contributed by atoms with E-state index < -0.39 is 0 Å². The molecule has 2 N–H and O–H groups in total. The van der Waals surface area contributed by atoms with Gasteiger partial charge in [-0.05, 0) is 49.9 Å². The molecule has 0 spiro atoms. The Kier molecular flexibility index (Phi) is 4.75. The molecule has 1 aromatic carbocycles. The number of nitrogens with zero attached hydrogens (tertiary/aromatic N) is 1. The van der Waals surface area contributed by atoms with E-state index in [1.54, 1.807) is 11.3 Å². The number of aromatic nitrogens is 1. The van der Waals surface area contributed by atoms with Gasteiger partial charge in [0.05, 0.1) is 11.2 Å². The van der Waals surface area contributed by atoms with Crippen molar-refractivity contribution in [2.75, 3.05) is 6.54 Å². The summed E-state index contributed by atoms with van der Waals surface area (Å²) in [6.45, 7) is 2.73. The molecule has 2 nitrogen and oxygen atoms in total. The number of rotatable bonds is 5. The van der Waals surface area contributed by atoms with Crippen molar-refractivity contribution in [1.29, 1.82) is 0 Å². The standard InChI is InChI=1S/C14H17ClN2S/c1-10-14(18-9-17-10)7-4-12(8-16)11-2-5-13(15)6-3-11/h2-3,5-6,9,12H,4,7-8,16H2,1H3. The Bertz CT molecular complexity index is 493. The van der Waals surface area contributed by atoms with Crippen LogP contribution in [0, 0.1) is 6.92 Å². The first kappa shape index (κ1) is 13.5. The van der Waals surface area contributed by atoms with E-state index in [4.69, 9.17) is 17.3 Å². The summed E-state index contributed by atoms with van der Waals surface area (Å²) in [6.07, 6.45) is 2.10. The van der Waals surface area contributed by atoms with Crippen LogP contribution >= 0.6 is 22.9 Å². The van der Waals surface area contributed by atoms with Crippen molar-refractivity contribution in [3.63, 3.8) is 0 Å². The van der Waals surface area contributed by atoms with Gasteiger partial charge in [-0.1, -0.05) is 23.7 Å². The van der Waals surface area contributed by atoms with Gasteiger partial charge >= 0.3 is 0 Å². The van der Waals surface area contributed by atoms with Crippen molar-refractivity contribution < 1.29 is 0 Å². The Hall–Kier alpha value is -0.900. The quantitative estimate of drug-likeness (QED) is 0.905. The van der Waals surface area contributed by atoms with Gasteiger partial charge in [-0.15, -0.1) is 11.3 Å². The molecule has 1 unspecified atom stereocenters. The van der Waals surface area contributed by atoms with Gasteiger partial charge in [-0.2, -0.15) is 0 Å². The van der Waals surface area contributed by atoms with Crippen LogP contribution in [0.5, 0.6) is 0 Å². The topological polar surface area (TPSA) is 38.9 Å². The molecule has 0 bridgehead atoms. The maximum atomic E-state index is 5.90. The molecule has 0 saturated heterocycles. The third-order valence-electron chi connectivity index (χ3n) is 3.19. The van der Waals surface area contributed by atoms with Crippen molar-refractivity contribution in [3.05, 3.63) is 50.9 Å². The minimum Gasteiger partial charge on any atom is -0.330 e. The largest absolute Gasteiger partial charge is 0.330 e. The van der Waals surface area contributed by atoms with Crippen LogP contribution in [-0.4, -0.2) is 11.5 Å². The molecule has 96 valence electrons. The molecule has 0 radical (unpaired) electrons. The van der Waals surface area contributed by atoms with E-state index in [1.807, 2.05) is 17.6 Å². The highest BCUT2D eigenvalue weighted by molar-refractivity contribution is 7.09. The molecule has 0 amide bonds. The lowest BCUT2D eigenvalue weighted by Crippen LogP contribution is -2.13. The number of hydrogen-bond donors (Lipinski definition) is 1. The lowest BCUT2D eigenvalue weighted by molar-refractivity contribution is 0.636. The second-order valence-electron chi connectivity index (χ2n) is 4.38. The average molecular weight is 281 g/mol. The molecular formula is C14H17ClN2S. The number of benzene rings is 1. The van der Waals surface area contributed by atoms with Crippen molar-refractivity contribution >= 4 is 22.9 Å². The molecule has 0 aliphatic rings. The van der Waals surface area contributed by atoms with Crippen molar-refractivity contribution in [1.82, 2.24) is 4.98 Å². The van der Waals surface area contributed by atoms with Crippen molar-refractivity contribution in [2.45, 2.75) is 25.7 Å². The van der Waals surface area contributed by atoms with Crippen molar-refractivity contribution in [3.8, 4) is 0 Å². The summed E-state index contributed by atoms with van der Waals surface area (Å²) in [4.78, 5) is 5.64. The molecule has 1 atom stereocenters. The van der Waals surface area contributed by atoms with Crippen LogP contribution in [0.3, 0.4) is 0 Å². The molecule has 18 heavy (non-hydrogen) atoms. The number of halogens is 1. The molecule has 1 heterocycles. The van der Waals surface area contributed by atoms with Crippen LogP contribution in [0.4, 0.5) is 0 Å². The fourth-order valence-electron chi connectivity index (χ4n) is 2.03. The smallest absolute Gasteiger partial charge is 0.0797 e. The molecule has 0 aliphatic heterocycles. The normalized spacial score (nSPS) is 12.6. The zero-order valence-electron chi connectivity index (χ0n) is 10.4. The van der Waals surface area contributed by atoms with Crippen LogP contribution in [0.2, 0.25) is 5.02 Å². The van der Waals surface area contributed by atoms with Gasteiger partial charge in [-0.25, -0.2) is 4.98 Å². The SMILES string of the molecule is Cc1ncsc1CCC(CN)c1ccc(Cl)cc1. The first-order chi connectivity index (χ1) is 8.70. The molecule has 0 saturated carbocycles. The summed E-state index contributed by atoms with van der Waals surface area (Å²) in [6, 6.07) is 7.99. The third kappa shape index (κ3) is 3.31.